The van der Waals surface area contributed by atoms with E-state index < -0.39 is 5.60 Å². The highest BCUT2D eigenvalue weighted by atomic mass is 16.3. The monoisotopic (exact) mass is 276 g/mol. The van der Waals surface area contributed by atoms with E-state index in [1.54, 1.807) is 11.1 Å². The molecule has 0 aromatic carbocycles. The Hall–Kier alpha value is -1.42. The molecule has 0 unspecified atom stereocenters. The van der Waals surface area contributed by atoms with Crippen molar-refractivity contribution < 1.29 is 9.90 Å². The summed E-state index contributed by atoms with van der Waals surface area (Å²) in [6.07, 6.45) is 6.70. The van der Waals surface area contributed by atoms with Gasteiger partial charge in [0.1, 0.15) is 0 Å². The quantitative estimate of drug-likeness (QED) is 0.899. The number of amides is 1. The second-order valence-electron chi connectivity index (χ2n) is 5.69. The van der Waals surface area contributed by atoms with E-state index in [1.165, 1.54) is 6.42 Å². The molecule has 0 spiro atoms. The Bertz CT molecular complexity index is 427. The molecule has 0 bridgehead atoms. The molecule has 1 saturated carbocycles. The van der Waals surface area contributed by atoms with Crippen molar-refractivity contribution in [3.63, 3.8) is 0 Å². The molecule has 1 amide bonds. The van der Waals surface area contributed by atoms with E-state index in [2.05, 4.69) is 4.98 Å². The Morgan fingerprint density at radius 3 is 2.70 bits per heavy atom. The van der Waals surface area contributed by atoms with E-state index in [-0.39, 0.29) is 12.3 Å². The predicted octanol–water partition coefficient (Wildman–Crippen LogP) is 2.52. The molecule has 1 aromatic rings. The largest absolute Gasteiger partial charge is 0.389 e. The lowest BCUT2D eigenvalue weighted by Crippen LogP contribution is -2.40. The molecule has 0 atom stereocenters. The molecule has 0 saturated heterocycles. The highest BCUT2D eigenvalue weighted by Crippen LogP contribution is 2.31. The predicted molar refractivity (Wildman–Crippen MR) is 78.0 cm³/mol. The van der Waals surface area contributed by atoms with Crippen molar-refractivity contribution in [3.05, 3.63) is 30.1 Å². The van der Waals surface area contributed by atoms with Gasteiger partial charge in [-0.3, -0.25) is 9.78 Å². The van der Waals surface area contributed by atoms with Crippen molar-refractivity contribution in [1.82, 2.24) is 9.88 Å². The van der Waals surface area contributed by atoms with E-state index in [4.69, 9.17) is 0 Å². The van der Waals surface area contributed by atoms with Crippen molar-refractivity contribution in [2.45, 2.75) is 57.6 Å². The van der Waals surface area contributed by atoms with Crippen LogP contribution in [0.25, 0.3) is 0 Å². The Morgan fingerprint density at radius 2 is 2.10 bits per heavy atom. The highest BCUT2D eigenvalue weighted by molar-refractivity contribution is 5.77. The van der Waals surface area contributed by atoms with Gasteiger partial charge in [0, 0.05) is 12.7 Å². The minimum Gasteiger partial charge on any atom is -0.389 e. The third-order valence-corrected chi connectivity index (χ3v) is 4.08. The van der Waals surface area contributed by atoms with Gasteiger partial charge in [0.15, 0.2) is 0 Å². The van der Waals surface area contributed by atoms with Gasteiger partial charge in [-0.25, -0.2) is 0 Å². The zero-order chi connectivity index (χ0) is 14.4. The van der Waals surface area contributed by atoms with Crippen LogP contribution in [0, 0.1) is 0 Å². The van der Waals surface area contributed by atoms with Crippen LogP contribution < -0.4 is 0 Å². The standard InChI is InChI=1S/C16H24N2O2/c1-2-18(13-14-8-4-7-11-17-14)15(19)12-16(20)9-5-3-6-10-16/h4,7-8,11,20H,2-3,5-6,9-10,12-13H2,1H3. The first kappa shape index (κ1) is 15.0. The Kier molecular flexibility index (Phi) is 5.12. The number of nitrogens with zero attached hydrogens (tertiary/aromatic N) is 2. The lowest BCUT2D eigenvalue weighted by Gasteiger charge is -2.33. The number of hydrogen-bond acceptors (Lipinski definition) is 3. The van der Waals surface area contributed by atoms with Gasteiger partial charge in [-0.1, -0.05) is 25.3 Å². The fraction of sp³-hybridized carbons (Fsp3) is 0.625. The lowest BCUT2D eigenvalue weighted by molar-refractivity contribution is -0.138. The second kappa shape index (κ2) is 6.84. The summed E-state index contributed by atoms with van der Waals surface area (Å²) >= 11 is 0. The minimum atomic E-state index is -0.785. The Labute approximate surface area is 120 Å². The normalized spacial score (nSPS) is 17.7. The van der Waals surface area contributed by atoms with Crippen LogP contribution in [0.5, 0.6) is 0 Å². The van der Waals surface area contributed by atoms with Gasteiger partial charge in [-0.15, -0.1) is 0 Å². The molecule has 1 aliphatic carbocycles. The molecule has 1 fully saturated rings. The van der Waals surface area contributed by atoms with Crippen LogP contribution >= 0.6 is 0 Å². The number of aromatic nitrogens is 1. The minimum absolute atomic E-state index is 0.0301. The third-order valence-electron chi connectivity index (χ3n) is 4.08. The fourth-order valence-electron chi connectivity index (χ4n) is 2.84. The van der Waals surface area contributed by atoms with E-state index in [9.17, 15) is 9.90 Å². The van der Waals surface area contributed by atoms with E-state index in [0.717, 1.165) is 31.4 Å². The van der Waals surface area contributed by atoms with Gasteiger partial charge in [-0.05, 0) is 31.9 Å². The molecule has 20 heavy (non-hydrogen) atoms. The SMILES string of the molecule is CCN(Cc1ccccn1)C(=O)CC1(O)CCCCC1. The molecule has 1 aromatic heterocycles. The lowest BCUT2D eigenvalue weighted by atomic mass is 9.82. The van der Waals surface area contributed by atoms with Gasteiger partial charge in [-0.2, -0.15) is 0 Å². The van der Waals surface area contributed by atoms with Crippen molar-refractivity contribution >= 4 is 5.91 Å². The van der Waals surface area contributed by atoms with Crippen LogP contribution in [0.3, 0.4) is 0 Å². The van der Waals surface area contributed by atoms with Crippen LogP contribution in [0.1, 0.15) is 51.1 Å². The topological polar surface area (TPSA) is 53.4 Å². The summed E-state index contributed by atoms with van der Waals surface area (Å²) in [4.78, 5) is 18.4. The van der Waals surface area contributed by atoms with Crippen molar-refractivity contribution in [2.75, 3.05) is 6.54 Å². The molecule has 110 valence electrons. The zero-order valence-electron chi connectivity index (χ0n) is 12.2. The molecule has 0 radical (unpaired) electrons. The van der Waals surface area contributed by atoms with Crippen LogP contribution in [0.2, 0.25) is 0 Å². The first-order valence-electron chi connectivity index (χ1n) is 7.53. The first-order chi connectivity index (χ1) is 9.63. The summed E-state index contributed by atoms with van der Waals surface area (Å²) in [6.45, 7) is 3.13. The number of aliphatic hydroxyl groups is 1. The second-order valence-corrected chi connectivity index (χ2v) is 5.69. The maximum absolute atomic E-state index is 12.4. The first-order valence-corrected chi connectivity index (χ1v) is 7.53. The van der Waals surface area contributed by atoms with Gasteiger partial charge in [0.05, 0.1) is 24.3 Å². The molecule has 0 aliphatic heterocycles. The molecular formula is C16H24N2O2. The maximum atomic E-state index is 12.4. The summed E-state index contributed by atoms with van der Waals surface area (Å²) in [7, 11) is 0. The van der Waals surface area contributed by atoms with Gasteiger partial charge in [0.25, 0.3) is 0 Å². The third kappa shape index (κ3) is 4.04. The average molecular weight is 276 g/mol. The van der Waals surface area contributed by atoms with E-state index in [0.29, 0.717) is 13.1 Å². The van der Waals surface area contributed by atoms with Crippen LogP contribution in [-0.4, -0.2) is 33.0 Å². The smallest absolute Gasteiger partial charge is 0.225 e. The average Bonchev–Trinajstić information content (AvgIpc) is 2.46. The van der Waals surface area contributed by atoms with Crippen LogP contribution in [0.4, 0.5) is 0 Å². The van der Waals surface area contributed by atoms with E-state index >= 15 is 0 Å². The van der Waals surface area contributed by atoms with E-state index in [1.807, 2.05) is 25.1 Å². The van der Waals surface area contributed by atoms with Gasteiger partial charge in [0.2, 0.25) is 5.91 Å². The maximum Gasteiger partial charge on any atom is 0.225 e. The number of carbonyl (C=O) groups is 1. The zero-order valence-corrected chi connectivity index (χ0v) is 12.2. The van der Waals surface area contributed by atoms with Crippen molar-refractivity contribution in [1.29, 1.82) is 0 Å². The van der Waals surface area contributed by atoms with Crippen molar-refractivity contribution in [3.8, 4) is 0 Å². The van der Waals surface area contributed by atoms with Crippen molar-refractivity contribution in [2.24, 2.45) is 0 Å². The molecule has 1 N–H and O–H groups in total. The number of rotatable bonds is 5. The number of hydrogen-bond donors (Lipinski definition) is 1. The Balaban J connectivity index is 1.95. The molecule has 2 rings (SSSR count). The summed E-state index contributed by atoms with van der Waals surface area (Å²) < 4.78 is 0. The molecule has 1 heterocycles. The van der Waals surface area contributed by atoms with Gasteiger partial charge < -0.3 is 10.0 Å². The number of pyridine rings is 1. The summed E-state index contributed by atoms with van der Waals surface area (Å²) in [5.74, 6) is 0.0301. The van der Waals surface area contributed by atoms with Crippen LogP contribution in [0.15, 0.2) is 24.4 Å². The Morgan fingerprint density at radius 1 is 1.35 bits per heavy atom. The number of carbonyl (C=O) groups excluding carboxylic acids is 1. The molecule has 4 nitrogen and oxygen atoms in total. The molecule has 1 aliphatic rings. The van der Waals surface area contributed by atoms with Gasteiger partial charge >= 0.3 is 0 Å². The van der Waals surface area contributed by atoms with Crippen LogP contribution in [-0.2, 0) is 11.3 Å². The summed E-state index contributed by atoms with van der Waals surface area (Å²) in [6, 6.07) is 5.72. The highest BCUT2D eigenvalue weighted by Gasteiger charge is 2.33. The molecular weight excluding hydrogens is 252 g/mol. The fourth-order valence-corrected chi connectivity index (χ4v) is 2.84. The summed E-state index contributed by atoms with van der Waals surface area (Å²) in [5.41, 5.74) is 0.102. The summed E-state index contributed by atoms with van der Waals surface area (Å²) in [5, 5.41) is 10.5. The molecule has 4 heteroatoms.